The smallest absolute Gasteiger partial charge is 0.122 e. The molecule has 106 valence electrons. The number of hydrogen-bond donors (Lipinski definition) is 5. The summed E-state index contributed by atoms with van der Waals surface area (Å²) >= 11 is 0. The Morgan fingerprint density at radius 3 is 2.19 bits per heavy atom. The van der Waals surface area contributed by atoms with Gasteiger partial charge in [0.15, 0.2) is 0 Å². The summed E-state index contributed by atoms with van der Waals surface area (Å²) in [6, 6.07) is 13.9. The van der Waals surface area contributed by atoms with Crippen LogP contribution in [0.4, 0.5) is 11.4 Å². The Balaban J connectivity index is 2.09. The fraction of sp³-hybridized carbons (Fsp3) is 0. The number of nitrogens with one attached hydrogen (secondary N) is 3. The van der Waals surface area contributed by atoms with Crippen molar-refractivity contribution in [1.82, 2.24) is 0 Å². The summed E-state index contributed by atoms with van der Waals surface area (Å²) in [5, 5.41) is 22.6. The maximum Gasteiger partial charge on any atom is 0.122 e. The molecule has 2 rings (SSSR count). The standard InChI is InChI=1S/C14H15N7/c15-13(16)9-3-1-5-11(7-9)19-21-20-12-6-2-4-10(8-12)14(17)18/h1-8H,(H3,15,16)(H3,17,18)(H,19,20). The zero-order chi connectivity index (χ0) is 15.2. The Bertz CT molecular complexity index is 706. The van der Waals surface area contributed by atoms with Crippen LogP contribution in [0.2, 0.25) is 0 Å². The van der Waals surface area contributed by atoms with Crippen molar-refractivity contribution in [2.75, 3.05) is 5.43 Å². The number of nitrogen functional groups attached to an aromatic ring is 2. The van der Waals surface area contributed by atoms with E-state index in [9.17, 15) is 0 Å². The van der Waals surface area contributed by atoms with Crippen molar-refractivity contribution in [3.63, 3.8) is 0 Å². The molecule has 0 heterocycles. The highest BCUT2D eigenvalue weighted by molar-refractivity contribution is 5.96. The van der Waals surface area contributed by atoms with Gasteiger partial charge in [-0.1, -0.05) is 29.5 Å². The van der Waals surface area contributed by atoms with Crippen LogP contribution in [0.1, 0.15) is 11.1 Å². The molecule has 2 aromatic rings. The van der Waals surface area contributed by atoms with Gasteiger partial charge in [0.25, 0.3) is 0 Å². The summed E-state index contributed by atoms with van der Waals surface area (Å²) in [6.45, 7) is 0. The number of hydrogen-bond acceptors (Lipinski definition) is 4. The SMILES string of the molecule is N=C(N)c1cccc(N=NNc2cccc(C(=N)N)c2)c1. The van der Waals surface area contributed by atoms with Gasteiger partial charge in [0.1, 0.15) is 11.7 Å². The van der Waals surface area contributed by atoms with E-state index in [-0.39, 0.29) is 11.7 Å². The molecule has 0 atom stereocenters. The molecule has 0 amide bonds. The van der Waals surface area contributed by atoms with E-state index in [1.54, 1.807) is 48.5 Å². The van der Waals surface area contributed by atoms with Gasteiger partial charge < -0.3 is 11.5 Å². The van der Waals surface area contributed by atoms with Gasteiger partial charge >= 0.3 is 0 Å². The first kappa shape index (κ1) is 14.2. The van der Waals surface area contributed by atoms with Gasteiger partial charge in [-0.3, -0.25) is 16.2 Å². The second-order valence-electron chi connectivity index (χ2n) is 4.27. The molecule has 0 saturated carbocycles. The van der Waals surface area contributed by atoms with E-state index in [0.717, 1.165) is 0 Å². The Hall–Kier alpha value is -3.22. The molecule has 7 nitrogen and oxygen atoms in total. The van der Waals surface area contributed by atoms with E-state index in [4.69, 9.17) is 22.3 Å². The minimum atomic E-state index is -0.0193. The Labute approximate surface area is 121 Å². The molecule has 0 aliphatic carbocycles. The van der Waals surface area contributed by atoms with Crippen LogP contribution in [0.25, 0.3) is 0 Å². The lowest BCUT2D eigenvalue weighted by molar-refractivity contribution is 1.13. The molecule has 0 spiro atoms. The predicted molar refractivity (Wildman–Crippen MR) is 83.1 cm³/mol. The molecule has 0 radical (unpaired) electrons. The first-order valence-corrected chi connectivity index (χ1v) is 6.12. The maximum absolute atomic E-state index is 7.37. The Morgan fingerprint density at radius 2 is 1.52 bits per heavy atom. The lowest BCUT2D eigenvalue weighted by atomic mass is 10.2. The van der Waals surface area contributed by atoms with E-state index >= 15 is 0 Å². The van der Waals surface area contributed by atoms with Crippen molar-refractivity contribution in [2.45, 2.75) is 0 Å². The van der Waals surface area contributed by atoms with Crippen molar-refractivity contribution in [1.29, 1.82) is 10.8 Å². The van der Waals surface area contributed by atoms with Crippen LogP contribution in [-0.2, 0) is 0 Å². The lowest BCUT2D eigenvalue weighted by Gasteiger charge is -2.02. The van der Waals surface area contributed by atoms with Crippen LogP contribution in [0.15, 0.2) is 58.9 Å². The van der Waals surface area contributed by atoms with Gasteiger partial charge in [-0.2, -0.15) is 0 Å². The minimum absolute atomic E-state index is 0.00949. The monoisotopic (exact) mass is 281 g/mol. The quantitative estimate of drug-likeness (QED) is 0.249. The van der Waals surface area contributed by atoms with Crippen molar-refractivity contribution >= 4 is 23.0 Å². The topological polar surface area (TPSA) is 136 Å². The molecule has 0 bridgehead atoms. The average molecular weight is 281 g/mol. The van der Waals surface area contributed by atoms with E-state index < -0.39 is 0 Å². The third kappa shape index (κ3) is 3.87. The largest absolute Gasteiger partial charge is 0.384 e. The molecule has 0 aliphatic rings. The minimum Gasteiger partial charge on any atom is -0.384 e. The molecular formula is C14H15N7. The Morgan fingerprint density at radius 1 is 0.905 bits per heavy atom. The average Bonchev–Trinajstić information content (AvgIpc) is 2.48. The first-order chi connectivity index (χ1) is 10.1. The van der Waals surface area contributed by atoms with Crippen molar-refractivity contribution < 1.29 is 0 Å². The van der Waals surface area contributed by atoms with Gasteiger partial charge in [-0.05, 0) is 24.3 Å². The van der Waals surface area contributed by atoms with Crippen molar-refractivity contribution in [3.05, 3.63) is 59.7 Å². The predicted octanol–water partition coefficient (Wildman–Crippen LogP) is 2.37. The van der Waals surface area contributed by atoms with E-state index in [0.29, 0.717) is 22.5 Å². The Kier molecular flexibility index (Phi) is 4.25. The van der Waals surface area contributed by atoms with Crippen molar-refractivity contribution in [3.8, 4) is 0 Å². The molecule has 2 aromatic carbocycles. The highest BCUT2D eigenvalue weighted by Gasteiger charge is 1.98. The molecule has 0 fully saturated rings. The molecule has 0 saturated heterocycles. The normalized spacial score (nSPS) is 10.5. The third-order valence-electron chi connectivity index (χ3n) is 2.68. The van der Waals surface area contributed by atoms with Gasteiger partial charge in [-0.25, -0.2) is 0 Å². The van der Waals surface area contributed by atoms with Crippen LogP contribution in [-0.4, -0.2) is 11.7 Å². The van der Waals surface area contributed by atoms with Gasteiger partial charge in [-0.15, -0.1) is 5.11 Å². The summed E-state index contributed by atoms with van der Waals surface area (Å²) in [5.74, 6) is -0.0288. The van der Waals surface area contributed by atoms with E-state index in [1.807, 2.05) is 0 Å². The number of benzene rings is 2. The van der Waals surface area contributed by atoms with Crippen LogP contribution < -0.4 is 16.9 Å². The summed E-state index contributed by atoms with van der Waals surface area (Å²) in [6.07, 6.45) is 0. The van der Waals surface area contributed by atoms with Crippen LogP contribution >= 0.6 is 0 Å². The highest BCUT2D eigenvalue weighted by atomic mass is 15.4. The van der Waals surface area contributed by atoms with Crippen molar-refractivity contribution in [2.24, 2.45) is 21.8 Å². The second kappa shape index (κ2) is 6.29. The number of anilines is 1. The number of amidine groups is 2. The third-order valence-corrected chi connectivity index (χ3v) is 2.68. The molecule has 0 aromatic heterocycles. The van der Waals surface area contributed by atoms with Gasteiger partial charge in [0.05, 0.1) is 11.4 Å². The van der Waals surface area contributed by atoms with Crippen LogP contribution in [0.3, 0.4) is 0 Å². The van der Waals surface area contributed by atoms with E-state index in [1.165, 1.54) is 0 Å². The fourth-order valence-corrected chi connectivity index (χ4v) is 1.63. The molecule has 0 unspecified atom stereocenters. The van der Waals surface area contributed by atoms with Gasteiger partial charge in [0, 0.05) is 11.1 Å². The second-order valence-corrected chi connectivity index (χ2v) is 4.27. The maximum atomic E-state index is 7.37. The first-order valence-electron chi connectivity index (χ1n) is 6.12. The highest BCUT2D eigenvalue weighted by Crippen LogP contribution is 2.15. The number of nitrogens with two attached hydrogens (primary N) is 2. The molecule has 0 aliphatic heterocycles. The molecule has 7 heteroatoms. The fourth-order valence-electron chi connectivity index (χ4n) is 1.63. The summed E-state index contributed by atoms with van der Waals surface area (Å²) < 4.78 is 0. The zero-order valence-electron chi connectivity index (χ0n) is 11.2. The summed E-state index contributed by atoms with van der Waals surface area (Å²) in [7, 11) is 0. The summed E-state index contributed by atoms with van der Waals surface area (Å²) in [4.78, 5) is 0. The molecule has 7 N–H and O–H groups in total. The van der Waals surface area contributed by atoms with E-state index in [2.05, 4.69) is 15.8 Å². The molecular weight excluding hydrogens is 266 g/mol. The lowest BCUT2D eigenvalue weighted by Crippen LogP contribution is -2.10. The van der Waals surface area contributed by atoms with Crippen LogP contribution in [0.5, 0.6) is 0 Å². The zero-order valence-corrected chi connectivity index (χ0v) is 11.2. The molecule has 21 heavy (non-hydrogen) atoms. The van der Waals surface area contributed by atoms with Crippen LogP contribution in [0, 0.1) is 10.8 Å². The summed E-state index contributed by atoms with van der Waals surface area (Å²) in [5.41, 5.74) is 16.0. The number of nitrogens with zero attached hydrogens (tertiary/aromatic N) is 2. The number of rotatable bonds is 5. The van der Waals surface area contributed by atoms with Gasteiger partial charge in [0.2, 0.25) is 0 Å².